The molecular formula is C15H28N2O2. The number of nitrogens with one attached hydrogen (secondary N) is 2. The van der Waals surface area contributed by atoms with Gasteiger partial charge in [0.05, 0.1) is 0 Å². The Hall–Kier alpha value is -0.770. The SMILES string of the molecule is CC1CC1(CC1CCNCC1)NC(=O)OC(C)(C)C. The van der Waals surface area contributed by atoms with Crippen LogP contribution < -0.4 is 10.6 Å². The van der Waals surface area contributed by atoms with Gasteiger partial charge in [-0.15, -0.1) is 0 Å². The van der Waals surface area contributed by atoms with Crippen molar-refractivity contribution in [2.24, 2.45) is 11.8 Å². The van der Waals surface area contributed by atoms with Crippen LogP contribution in [-0.2, 0) is 4.74 Å². The van der Waals surface area contributed by atoms with Crippen LogP contribution in [0.1, 0.15) is 53.4 Å². The van der Waals surface area contributed by atoms with Crippen LogP contribution in [0.3, 0.4) is 0 Å². The van der Waals surface area contributed by atoms with Gasteiger partial charge in [-0.2, -0.15) is 0 Å². The van der Waals surface area contributed by atoms with E-state index < -0.39 is 5.60 Å². The topological polar surface area (TPSA) is 50.4 Å². The van der Waals surface area contributed by atoms with E-state index in [0.29, 0.717) is 5.92 Å². The molecule has 2 N–H and O–H groups in total. The maximum Gasteiger partial charge on any atom is 0.408 e. The molecule has 2 unspecified atom stereocenters. The highest BCUT2D eigenvalue weighted by atomic mass is 16.6. The molecule has 0 radical (unpaired) electrons. The number of piperidine rings is 1. The van der Waals surface area contributed by atoms with Crippen molar-refractivity contribution in [3.8, 4) is 0 Å². The van der Waals surface area contributed by atoms with Crippen molar-refractivity contribution in [1.82, 2.24) is 10.6 Å². The van der Waals surface area contributed by atoms with E-state index in [9.17, 15) is 4.79 Å². The molecule has 1 saturated carbocycles. The second kappa shape index (κ2) is 5.31. The number of carbonyl (C=O) groups is 1. The lowest BCUT2D eigenvalue weighted by molar-refractivity contribution is 0.0480. The minimum absolute atomic E-state index is 0.00431. The van der Waals surface area contributed by atoms with Crippen molar-refractivity contribution >= 4 is 6.09 Å². The molecule has 4 heteroatoms. The summed E-state index contributed by atoms with van der Waals surface area (Å²) in [5, 5.41) is 6.53. The minimum atomic E-state index is -0.418. The fraction of sp³-hybridized carbons (Fsp3) is 0.933. The molecule has 19 heavy (non-hydrogen) atoms. The lowest BCUT2D eigenvalue weighted by Gasteiger charge is -2.29. The molecule has 0 aromatic heterocycles. The fourth-order valence-corrected chi connectivity index (χ4v) is 3.11. The van der Waals surface area contributed by atoms with Crippen LogP contribution in [0.2, 0.25) is 0 Å². The van der Waals surface area contributed by atoms with Crippen molar-refractivity contribution in [2.75, 3.05) is 13.1 Å². The highest BCUT2D eigenvalue weighted by molar-refractivity contribution is 5.69. The summed E-state index contributed by atoms with van der Waals surface area (Å²) in [5.74, 6) is 1.32. The van der Waals surface area contributed by atoms with Gasteiger partial charge in [-0.25, -0.2) is 4.79 Å². The quantitative estimate of drug-likeness (QED) is 0.827. The zero-order valence-electron chi connectivity index (χ0n) is 12.7. The van der Waals surface area contributed by atoms with Gasteiger partial charge in [0.1, 0.15) is 5.60 Å². The van der Waals surface area contributed by atoms with Crippen molar-refractivity contribution in [2.45, 2.75) is 64.5 Å². The largest absolute Gasteiger partial charge is 0.444 e. The molecule has 2 atom stereocenters. The van der Waals surface area contributed by atoms with Crippen LogP contribution in [0, 0.1) is 11.8 Å². The van der Waals surface area contributed by atoms with Crippen LogP contribution in [0.25, 0.3) is 0 Å². The minimum Gasteiger partial charge on any atom is -0.444 e. The lowest BCUT2D eigenvalue weighted by atomic mass is 9.89. The van der Waals surface area contributed by atoms with Crippen molar-refractivity contribution in [1.29, 1.82) is 0 Å². The predicted molar refractivity (Wildman–Crippen MR) is 76.1 cm³/mol. The van der Waals surface area contributed by atoms with E-state index in [-0.39, 0.29) is 11.6 Å². The Bertz CT molecular complexity index is 332. The first-order chi connectivity index (χ1) is 8.81. The zero-order chi connectivity index (χ0) is 14.1. The summed E-state index contributed by atoms with van der Waals surface area (Å²) in [4.78, 5) is 12.0. The Morgan fingerprint density at radius 2 is 1.95 bits per heavy atom. The van der Waals surface area contributed by atoms with E-state index in [0.717, 1.165) is 31.8 Å². The molecule has 0 aromatic rings. The van der Waals surface area contributed by atoms with Gasteiger partial charge in [0.15, 0.2) is 0 Å². The van der Waals surface area contributed by atoms with Crippen LogP contribution in [0.4, 0.5) is 4.79 Å². The predicted octanol–water partition coefficient (Wildman–Crippen LogP) is 2.68. The molecule has 2 aliphatic rings. The second-order valence-corrected chi connectivity index (χ2v) is 7.29. The van der Waals surface area contributed by atoms with E-state index in [4.69, 9.17) is 4.74 Å². The molecule has 1 saturated heterocycles. The molecule has 1 aliphatic heterocycles. The number of ether oxygens (including phenoxy) is 1. The monoisotopic (exact) mass is 268 g/mol. The van der Waals surface area contributed by atoms with Gasteiger partial charge in [0.2, 0.25) is 0 Å². The standard InChI is InChI=1S/C15H28N2O2/c1-11-9-15(11,10-12-5-7-16-8-6-12)17-13(18)19-14(2,3)4/h11-12,16H,5-10H2,1-4H3,(H,17,18). The van der Waals surface area contributed by atoms with E-state index in [1.54, 1.807) is 0 Å². The molecule has 2 rings (SSSR count). The Labute approximate surface area is 116 Å². The third-order valence-electron chi connectivity index (χ3n) is 4.32. The highest BCUT2D eigenvalue weighted by Gasteiger charge is 2.53. The first-order valence-electron chi connectivity index (χ1n) is 7.53. The third-order valence-corrected chi connectivity index (χ3v) is 4.32. The number of rotatable bonds is 3. The molecular weight excluding hydrogens is 240 g/mol. The van der Waals surface area contributed by atoms with Gasteiger partial charge >= 0.3 is 6.09 Å². The molecule has 1 heterocycles. The van der Waals surface area contributed by atoms with Gasteiger partial charge in [-0.1, -0.05) is 6.92 Å². The Morgan fingerprint density at radius 3 is 2.42 bits per heavy atom. The summed E-state index contributed by atoms with van der Waals surface area (Å²) < 4.78 is 5.39. The van der Waals surface area contributed by atoms with E-state index in [1.807, 2.05) is 20.8 Å². The number of hydrogen-bond donors (Lipinski definition) is 2. The van der Waals surface area contributed by atoms with Gasteiger partial charge in [0.25, 0.3) is 0 Å². The van der Waals surface area contributed by atoms with E-state index in [2.05, 4.69) is 17.6 Å². The van der Waals surface area contributed by atoms with Gasteiger partial charge < -0.3 is 15.4 Å². The number of amides is 1. The van der Waals surface area contributed by atoms with Crippen molar-refractivity contribution in [3.05, 3.63) is 0 Å². The van der Waals surface area contributed by atoms with Crippen molar-refractivity contribution in [3.63, 3.8) is 0 Å². The molecule has 0 aromatic carbocycles. The molecule has 1 amide bonds. The molecule has 0 bridgehead atoms. The average Bonchev–Trinajstić information content (AvgIpc) is 2.86. The first kappa shape index (κ1) is 14.6. The summed E-state index contributed by atoms with van der Waals surface area (Å²) >= 11 is 0. The number of carbonyl (C=O) groups excluding carboxylic acids is 1. The van der Waals surface area contributed by atoms with Gasteiger partial charge in [0, 0.05) is 5.54 Å². The summed E-state index contributed by atoms with van der Waals surface area (Å²) in [5.41, 5.74) is -0.414. The molecule has 110 valence electrons. The Morgan fingerprint density at radius 1 is 1.37 bits per heavy atom. The summed E-state index contributed by atoms with van der Waals surface area (Å²) in [6, 6.07) is 0. The van der Waals surface area contributed by atoms with Crippen LogP contribution in [0.15, 0.2) is 0 Å². The lowest BCUT2D eigenvalue weighted by Crippen LogP contribution is -2.44. The van der Waals surface area contributed by atoms with Crippen LogP contribution in [0.5, 0.6) is 0 Å². The molecule has 4 nitrogen and oxygen atoms in total. The van der Waals surface area contributed by atoms with E-state index >= 15 is 0 Å². The van der Waals surface area contributed by atoms with Gasteiger partial charge in [-0.05, 0) is 71.4 Å². The summed E-state index contributed by atoms with van der Waals surface area (Å²) in [7, 11) is 0. The average molecular weight is 268 g/mol. The highest BCUT2D eigenvalue weighted by Crippen LogP contribution is 2.48. The third kappa shape index (κ3) is 4.10. The summed E-state index contributed by atoms with van der Waals surface area (Å²) in [6.07, 6.45) is 4.39. The smallest absolute Gasteiger partial charge is 0.408 e. The fourth-order valence-electron chi connectivity index (χ4n) is 3.11. The first-order valence-corrected chi connectivity index (χ1v) is 7.53. The van der Waals surface area contributed by atoms with Crippen LogP contribution in [-0.4, -0.2) is 30.3 Å². The molecule has 1 aliphatic carbocycles. The Kier molecular flexibility index (Phi) is 4.09. The molecule has 2 fully saturated rings. The molecule has 0 spiro atoms. The van der Waals surface area contributed by atoms with Crippen LogP contribution >= 0.6 is 0 Å². The zero-order valence-corrected chi connectivity index (χ0v) is 12.7. The number of hydrogen-bond acceptors (Lipinski definition) is 3. The normalized spacial score (nSPS) is 31.9. The van der Waals surface area contributed by atoms with Gasteiger partial charge in [-0.3, -0.25) is 0 Å². The number of alkyl carbamates (subject to hydrolysis) is 1. The second-order valence-electron chi connectivity index (χ2n) is 7.29. The summed E-state index contributed by atoms with van der Waals surface area (Å²) in [6.45, 7) is 10.2. The maximum absolute atomic E-state index is 12.0. The van der Waals surface area contributed by atoms with Crippen molar-refractivity contribution < 1.29 is 9.53 Å². The Balaban J connectivity index is 1.86. The maximum atomic E-state index is 12.0. The van der Waals surface area contributed by atoms with E-state index in [1.165, 1.54) is 12.8 Å².